The van der Waals surface area contributed by atoms with Crippen LogP contribution in [0.2, 0.25) is 0 Å². The van der Waals surface area contributed by atoms with Crippen molar-refractivity contribution in [1.29, 1.82) is 0 Å². The highest BCUT2D eigenvalue weighted by Crippen LogP contribution is 2.10. The molecule has 0 aromatic carbocycles. The quantitative estimate of drug-likeness (QED) is 0.375. The van der Waals surface area contributed by atoms with Gasteiger partial charge in [0, 0.05) is 58.2 Å². The highest BCUT2D eigenvalue weighted by Gasteiger charge is 2.23. The summed E-state index contributed by atoms with van der Waals surface area (Å²) in [5.74, 6) is 1.62. The lowest BCUT2D eigenvalue weighted by molar-refractivity contribution is -0.140. The first-order valence-electron chi connectivity index (χ1n) is 10.7. The zero-order valence-corrected chi connectivity index (χ0v) is 18.8. The van der Waals surface area contributed by atoms with Crippen LogP contribution in [-0.2, 0) is 9.59 Å². The minimum atomic E-state index is -0.0162. The third kappa shape index (κ3) is 9.95. The Morgan fingerprint density at radius 2 is 1.54 bits per heavy atom. The molecular weight excluding hydrogens is 354 g/mol. The average Bonchev–Trinajstić information content (AvgIpc) is 2.61. The van der Waals surface area contributed by atoms with Crippen molar-refractivity contribution >= 4 is 17.8 Å². The summed E-state index contributed by atoms with van der Waals surface area (Å²) in [6.07, 6.45) is 4.11. The maximum atomic E-state index is 12.4. The van der Waals surface area contributed by atoms with Crippen molar-refractivity contribution in [3.63, 3.8) is 0 Å². The SMILES string of the molecule is CN=C(NCCCCCC(=O)N1CCN(C(=O)CC(C)C)CC1)NC(C)(C)C. The number of unbranched alkanes of at least 4 members (excludes halogenated alkanes) is 2. The van der Waals surface area contributed by atoms with Gasteiger partial charge in [-0.25, -0.2) is 0 Å². The van der Waals surface area contributed by atoms with E-state index in [0.29, 0.717) is 44.9 Å². The van der Waals surface area contributed by atoms with E-state index in [0.717, 1.165) is 31.8 Å². The van der Waals surface area contributed by atoms with Crippen molar-refractivity contribution in [3.8, 4) is 0 Å². The number of carbonyl (C=O) groups excluding carboxylic acids is 2. The summed E-state index contributed by atoms with van der Waals surface area (Å²) in [6, 6.07) is 0. The van der Waals surface area contributed by atoms with Crippen molar-refractivity contribution in [2.24, 2.45) is 10.9 Å². The van der Waals surface area contributed by atoms with Gasteiger partial charge >= 0.3 is 0 Å². The van der Waals surface area contributed by atoms with Gasteiger partial charge < -0.3 is 20.4 Å². The predicted octanol–water partition coefficient (Wildman–Crippen LogP) is 2.23. The number of amides is 2. The Morgan fingerprint density at radius 1 is 0.964 bits per heavy atom. The second-order valence-corrected chi connectivity index (χ2v) is 9.04. The third-order valence-electron chi connectivity index (χ3n) is 4.64. The Morgan fingerprint density at radius 3 is 2.04 bits per heavy atom. The number of rotatable bonds is 8. The van der Waals surface area contributed by atoms with E-state index in [1.165, 1.54) is 0 Å². The molecule has 1 heterocycles. The van der Waals surface area contributed by atoms with Gasteiger partial charge in [0.2, 0.25) is 11.8 Å². The molecule has 7 heteroatoms. The summed E-state index contributed by atoms with van der Waals surface area (Å²) in [5, 5.41) is 6.64. The molecule has 1 aliphatic rings. The lowest BCUT2D eigenvalue weighted by Gasteiger charge is -2.35. The molecule has 0 aromatic heterocycles. The van der Waals surface area contributed by atoms with Crippen LogP contribution >= 0.6 is 0 Å². The number of guanidine groups is 1. The van der Waals surface area contributed by atoms with E-state index in [4.69, 9.17) is 0 Å². The van der Waals surface area contributed by atoms with Crippen molar-refractivity contribution in [1.82, 2.24) is 20.4 Å². The smallest absolute Gasteiger partial charge is 0.222 e. The maximum absolute atomic E-state index is 12.4. The molecular formula is C21H41N5O2. The number of aliphatic imine (C=N–C) groups is 1. The van der Waals surface area contributed by atoms with Crippen LogP contribution in [0.25, 0.3) is 0 Å². The summed E-state index contributed by atoms with van der Waals surface area (Å²) < 4.78 is 0. The molecule has 0 bridgehead atoms. The number of nitrogens with one attached hydrogen (secondary N) is 2. The zero-order chi connectivity index (χ0) is 21.2. The molecule has 0 aliphatic carbocycles. The topological polar surface area (TPSA) is 77.0 Å². The Bertz CT molecular complexity index is 517. The first-order valence-corrected chi connectivity index (χ1v) is 10.7. The summed E-state index contributed by atoms with van der Waals surface area (Å²) in [7, 11) is 1.77. The number of nitrogens with zero attached hydrogens (tertiary/aromatic N) is 3. The molecule has 2 amide bonds. The Hall–Kier alpha value is -1.79. The molecule has 1 fully saturated rings. The van der Waals surface area contributed by atoms with Gasteiger partial charge in [-0.2, -0.15) is 0 Å². The van der Waals surface area contributed by atoms with E-state index in [1.807, 2.05) is 9.80 Å². The molecule has 162 valence electrons. The van der Waals surface area contributed by atoms with Crippen molar-refractivity contribution in [2.45, 2.75) is 72.3 Å². The second-order valence-electron chi connectivity index (χ2n) is 9.04. The lowest BCUT2D eigenvalue weighted by atomic mass is 10.1. The molecule has 1 saturated heterocycles. The molecule has 0 unspecified atom stereocenters. The van der Waals surface area contributed by atoms with Gasteiger partial charge in [0.25, 0.3) is 0 Å². The predicted molar refractivity (Wildman–Crippen MR) is 115 cm³/mol. The van der Waals surface area contributed by atoms with Crippen LogP contribution in [0, 0.1) is 5.92 Å². The highest BCUT2D eigenvalue weighted by molar-refractivity contribution is 5.80. The van der Waals surface area contributed by atoms with Gasteiger partial charge in [-0.1, -0.05) is 20.3 Å². The van der Waals surface area contributed by atoms with Crippen LogP contribution in [0.15, 0.2) is 4.99 Å². The fraction of sp³-hybridized carbons (Fsp3) is 0.857. The van der Waals surface area contributed by atoms with Gasteiger partial charge in [-0.3, -0.25) is 14.6 Å². The van der Waals surface area contributed by atoms with E-state index in [-0.39, 0.29) is 17.4 Å². The van der Waals surface area contributed by atoms with Crippen LogP contribution in [0.1, 0.15) is 66.7 Å². The van der Waals surface area contributed by atoms with Crippen molar-refractivity contribution in [2.75, 3.05) is 39.8 Å². The summed E-state index contributed by atoms with van der Waals surface area (Å²) in [5.41, 5.74) is -0.0162. The maximum Gasteiger partial charge on any atom is 0.222 e. The van der Waals surface area contributed by atoms with Crippen LogP contribution in [0.4, 0.5) is 0 Å². The largest absolute Gasteiger partial charge is 0.356 e. The van der Waals surface area contributed by atoms with E-state index < -0.39 is 0 Å². The normalized spacial score (nSPS) is 15.8. The van der Waals surface area contributed by atoms with E-state index in [1.54, 1.807) is 7.05 Å². The van der Waals surface area contributed by atoms with Gasteiger partial charge in [-0.15, -0.1) is 0 Å². The number of carbonyl (C=O) groups is 2. The van der Waals surface area contributed by atoms with Crippen molar-refractivity contribution in [3.05, 3.63) is 0 Å². The molecule has 0 saturated carbocycles. The highest BCUT2D eigenvalue weighted by atomic mass is 16.2. The fourth-order valence-corrected chi connectivity index (χ4v) is 3.16. The van der Waals surface area contributed by atoms with Gasteiger partial charge in [0.05, 0.1) is 0 Å². The van der Waals surface area contributed by atoms with Gasteiger partial charge in [-0.05, 0) is 39.5 Å². The average molecular weight is 396 g/mol. The summed E-state index contributed by atoms with van der Waals surface area (Å²) in [4.78, 5) is 32.5. The summed E-state index contributed by atoms with van der Waals surface area (Å²) in [6.45, 7) is 13.9. The van der Waals surface area contributed by atoms with E-state index in [2.05, 4.69) is 50.2 Å². The first-order chi connectivity index (χ1) is 13.1. The van der Waals surface area contributed by atoms with Gasteiger partial charge in [0.1, 0.15) is 0 Å². The fourth-order valence-electron chi connectivity index (χ4n) is 3.16. The first kappa shape index (κ1) is 24.2. The minimum absolute atomic E-state index is 0.0162. The lowest BCUT2D eigenvalue weighted by Crippen LogP contribution is -2.50. The zero-order valence-electron chi connectivity index (χ0n) is 18.8. The molecule has 0 radical (unpaired) electrons. The molecule has 0 spiro atoms. The van der Waals surface area contributed by atoms with Crippen LogP contribution < -0.4 is 10.6 Å². The van der Waals surface area contributed by atoms with Crippen LogP contribution in [-0.4, -0.2) is 72.9 Å². The standard InChI is InChI=1S/C21H41N5O2/c1-17(2)16-19(28)26-14-12-25(13-15-26)18(27)10-8-7-9-11-23-20(22-6)24-21(3,4)5/h17H,7-16H2,1-6H3,(H2,22,23,24). The molecule has 2 N–H and O–H groups in total. The van der Waals surface area contributed by atoms with E-state index >= 15 is 0 Å². The number of hydrogen-bond acceptors (Lipinski definition) is 3. The van der Waals surface area contributed by atoms with E-state index in [9.17, 15) is 9.59 Å². The summed E-state index contributed by atoms with van der Waals surface area (Å²) >= 11 is 0. The number of piperazine rings is 1. The van der Waals surface area contributed by atoms with Gasteiger partial charge in [0.15, 0.2) is 5.96 Å². The third-order valence-corrected chi connectivity index (χ3v) is 4.64. The second kappa shape index (κ2) is 11.9. The van der Waals surface area contributed by atoms with Crippen LogP contribution in [0.3, 0.4) is 0 Å². The Labute approximate surface area is 171 Å². The van der Waals surface area contributed by atoms with Crippen LogP contribution in [0.5, 0.6) is 0 Å². The monoisotopic (exact) mass is 395 g/mol. The minimum Gasteiger partial charge on any atom is -0.356 e. The molecule has 0 atom stereocenters. The Balaban J connectivity index is 2.15. The molecule has 1 aliphatic heterocycles. The molecule has 7 nitrogen and oxygen atoms in total. The molecule has 1 rings (SSSR count). The van der Waals surface area contributed by atoms with Crippen molar-refractivity contribution < 1.29 is 9.59 Å². The molecule has 28 heavy (non-hydrogen) atoms. The Kier molecular flexibility index (Phi) is 10.3. The molecule has 0 aromatic rings. The number of hydrogen-bond donors (Lipinski definition) is 2.